The highest BCUT2D eigenvalue weighted by Gasteiger charge is 2.31. The lowest BCUT2D eigenvalue weighted by Crippen LogP contribution is -2.29. The molecule has 0 bridgehead atoms. The van der Waals surface area contributed by atoms with Crippen molar-refractivity contribution < 1.29 is 8.42 Å². The van der Waals surface area contributed by atoms with Crippen molar-refractivity contribution in [2.75, 3.05) is 13.1 Å². The van der Waals surface area contributed by atoms with Gasteiger partial charge in [0.25, 0.3) is 0 Å². The Balaban J connectivity index is 2.63. The molecule has 2 rings (SSSR count). The van der Waals surface area contributed by atoms with Crippen LogP contribution in [-0.4, -0.2) is 25.8 Å². The molecule has 0 atom stereocenters. The maximum atomic E-state index is 12.6. The molecule has 0 saturated carbocycles. The molecule has 0 spiro atoms. The van der Waals surface area contributed by atoms with E-state index >= 15 is 0 Å². The monoisotopic (exact) mass is 307 g/mol. The number of rotatable bonds is 2. The summed E-state index contributed by atoms with van der Waals surface area (Å²) in [5.74, 6) is 0. The average molecular weight is 308 g/mol. The van der Waals surface area contributed by atoms with Crippen LogP contribution in [0.2, 0.25) is 10.0 Å². The first-order valence-corrected chi connectivity index (χ1v) is 8.00. The molecule has 1 heterocycles. The van der Waals surface area contributed by atoms with Crippen LogP contribution in [0, 0.1) is 13.8 Å². The van der Waals surface area contributed by atoms with Gasteiger partial charge >= 0.3 is 0 Å². The van der Waals surface area contributed by atoms with Gasteiger partial charge in [-0.15, -0.1) is 0 Å². The van der Waals surface area contributed by atoms with Gasteiger partial charge in [-0.05, 0) is 43.9 Å². The van der Waals surface area contributed by atoms with Crippen molar-refractivity contribution in [2.45, 2.75) is 31.6 Å². The molecule has 0 unspecified atom stereocenters. The highest BCUT2D eigenvalue weighted by Crippen LogP contribution is 2.35. The molecule has 1 aromatic rings. The minimum absolute atomic E-state index is 0.163. The zero-order chi connectivity index (χ0) is 13.5. The number of halogens is 2. The quantitative estimate of drug-likeness (QED) is 0.840. The van der Waals surface area contributed by atoms with Crippen LogP contribution >= 0.6 is 23.2 Å². The molecule has 1 aromatic carbocycles. The molecule has 100 valence electrons. The van der Waals surface area contributed by atoms with E-state index in [1.165, 1.54) is 4.31 Å². The summed E-state index contributed by atoms with van der Waals surface area (Å²) in [5.41, 5.74) is 1.21. The van der Waals surface area contributed by atoms with Crippen molar-refractivity contribution in [2.24, 2.45) is 0 Å². The van der Waals surface area contributed by atoms with Gasteiger partial charge in [0.2, 0.25) is 10.0 Å². The van der Waals surface area contributed by atoms with Gasteiger partial charge in [-0.3, -0.25) is 0 Å². The molecule has 1 fully saturated rings. The SMILES string of the molecule is Cc1cc(Cl)c(C)c(S(=O)(=O)N2CCCC2)c1Cl. The lowest BCUT2D eigenvalue weighted by molar-refractivity contribution is 0.477. The van der Waals surface area contributed by atoms with E-state index < -0.39 is 10.0 Å². The Bertz CT molecular complexity index is 552. The van der Waals surface area contributed by atoms with Crippen LogP contribution in [0.5, 0.6) is 0 Å². The van der Waals surface area contributed by atoms with E-state index in [1.54, 1.807) is 19.9 Å². The summed E-state index contributed by atoms with van der Waals surface area (Å²) < 4.78 is 26.6. The van der Waals surface area contributed by atoms with Crippen LogP contribution in [0.1, 0.15) is 24.0 Å². The number of sulfonamides is 1. The molecule has 1 saturated heterocycles. The number of benzene rings is 1. The molecule has 0 aliphatic carbocycles. The van der Waals surface area contributed by atoms with Gasteiger partial charge in [0.1, 0.15) is 4.90 Å². The second kappa shape index (κ2) is 5.00. The maximum Gasteiger partial charge on any atom is 0.244 e. The standard InChI is InChI=1S/C12H15Cl2NO2S/c1-8-7-10(13)9(2)12(11(8)14)18(16,17)15-5-3-4-6-15/h7H,3-6H2,1-2H3. The van der Waals surface area contributed by atoms with Gasteiger partial charge in [-0.25, -0.2) is 8.42 Å². The minimum Gasteiger partial charge on any atom is -0.207 e. The van der Waals surface area contributed by atoms with E-state index in [0.717, 1.165) is 12.8 Å². The molecule has 1 aliphatic heterocycles. The molecule has 3 nitrogen and oxygen atoms in total. The Morgan fingerprint density at radius 1 is 1.17 bits per heavy atom. The first kappa shape index (κ1) is 14.1. The Kier molecular flexibility index (Phi) is 3.93. The van der Waals surface area contributed by atoms with Crippen LogP contribution in [0.4, 0.5) is 0 Å². The first-order chi connectivity index (χ1) is 8.35. The van der Waals surface area contributed by atoms with E-state index in [2.05, 4.69) is 0 Å². The number of hydrogen-bond donors (Lipinski definition) is 0. The first-order valence-electron chi connectivity index (χ1n) is 5.81. The Morgan fingerprint density at radius 2 is 1.72 bits per heavy atom. The summed E-state index contributed by atoms with van der Waals surface area (Å²) in [6.07, 6.45) is 1.80. The lowest BCUT2D eigenvalue weighted by Gasteiger charge is -2.19. The Morgan fingerprint density at radius 3 is 2.28 bits per heavy atom. The molecule has 18 heavy (non-hydrogen) atoms. The van der Waals surface area contributed by atoms with Gasteiger partial charge in [-0.1, -0.05) is 23.2 Å². The number of hydrogen-bond acceptors (Lipinski definition) is 2. The maximum absolute atomic E-state index is 12.6. The van der Waals surface area contributed by atoms with Crippen LogP contribution in [0.15, 0.2) is 11.0 Å². The number of nitrogens with zero attached hydrogens (tertiary/aromatic N) is 1. The van der Waals surface area contributed by atoms with Crippen molar-refractivity contribution in [3.8, 4) is 0 Å². The molecule has 6 heteroatoms. The highest BCUT2D eigenvalue weighted by atomic mass is 35.5. The van der Waals surface area contributed by atoms with Gasteiger partial charge in [-0.2, -0.15) is 4.31 Å². The van der Waals surface area contributed by atoms with Gasteiger partial charge in [0, 0.05) is 18.1 Å². The third-order valence-corrected chi connectivity index (χ3v) is 6.31. The van der Waals surface area contributed by atoms with Gasteiger partial charge < -0.3 is 0 Å². The van der Waals surface area contributed by atoms with E-state index in [9.17, 15) is 8.42 Å². The highest BCUT2D eigenvalue weighted by molar-refractivity contribution is 7.89. The minimum atomic E-state index is -3.53. The third kappa shape index (κ3) is 2.27. The molecular formula is C12H15Cl2NO2S. The molecular weight excluding hydrogens is 293 g/mol. The van der Waals surface area contributed by atoms with Crippen LogP contribution < -0.4 is 0 Å². The smallest absolute Gasteiger partial charge is 0.207 e. The zero-order valence-corrected chi connectivity index (χ0v) is 12.7. The predicted molar refractivity (Wildman–Crippen MR) is 73.9 cm³/mol. The summed E-state index contributed by atoms with van der Waals surface area (Å²) in [5, 5.41) is 0.721. The second-order valence-corrected chi connectivity index (χ2v) is 7.21. The van der Waals surface area contributed by atoms with Crippen LogP contribution in [0.25, 0.3) is 0 Å². The van der Waals surface area contributed by atoms with E-state index in [4.69, 9.17) is 23.2 Å². The summed E-state index contributed by atoms with van der Waals surface area (Å²) in [6.45, 7) is 4.57. The topological polar surface area (TPSA) is 37.4 Å². The molecule has 1 aliphatic rings. The predicted octanol–water partition coefficient (Wildman–Crippen LogP) is 3.39. The van der Waals surface area contributed by atoms with Crippen molar-refractivity contribution in [3.63, 3.8) is 0 Å². The summed E-state index contributed by atoms with van der Waals surface area (Å²) in [4.78, 5) is 0.163. The van der Waals surface area contributed by atoms with Crippen molar-refractivity contribution >= 4 is 33.2 Å². The molecule has 0 amide bonds. The zero-order valence-electron chi connectivity index (χ0n) is 10.3. The van der Waals surface area contributed by atoms with E-state index in [0.29, 0.717) is 29.2 Å². The van der Waals surface area contributed by atoms with Crippen LogP contribution in [0.3, 0.4) is 0 Å². The number of aryl methyl sites for hydroxylation is 1. The Labute approximate surface area is 118 Å². The van der Waals surface area contributed by atoms with Gasteiger partial charge in [0.05, 0.1) is 5.02 Å². The Hall–Kier alpha value is -0.290. The van der Waals surface area contributed by atoms with Crippen molar-refractivity contribution in [3.05, 3.63) is 27.2 Å². The van der Waals surface area contributed by atoms with E-state index in [-0.39, 0.29) is 9.92 Å². The summed E-state index contributed by atoms with van der Waals surface area (Å²) >= 11 is 12.2. The lowest BCUT2D eigenvalue weighted by atomic mass is 10.2. The van der Waals surface area contributed by atoms with E-state index in [1.807, 2.05) is 0 Å². The third-order valence-electron chi connectivity index (χ3n) is 3.25. The molecule has 0 radical (unpaired) electrons. The second-order valence-electron chi connectivity index (χ2n) is 4.55. The molecule has 0 N–H and O–H groups in total. The average Bonchev–Trinajstić information content (AvgIpc) is 2.80. The molecule has 0 aromatic heterocycles. The fourth-order valence-electron chi connectivity index (χ4n) is 2.18. The summed E-state index contributed by atoms with van der Waals surface area (Å²) in [6, 6.07) is 1.70. The normalized spacial score (nSPS) is 17.3. The van der Waals surface area contributed by atoms with Crippen molar-refractivity contribution in [1.29, 1.82) is 0 Å². The fraction of sp³-hybridized carbons (Fsp3) is 0.500. The summed E-state index contributed by atoms with van der Waals surface area (Å²) in [7, 11) is -3.53. The largest absolute Gasteiger partial charge is 0.244 e. The van der Waals surface area contributed by atoms with Gasteiger partial charge in [0.15, 0.2) is 0 Å². The fourth-order valence-corrected chi connectivity index (χ4v) is 4.86. The van der Waals surface area contributed by atoms with Crippen molar-refractivity contribution in [1.82, 2.24) is 4.31 Å². The van der Waals surface area contributed by atoms with Crippen LogP contribution in [-0.2, 0) is 10.0 Å².